The molecule has 0 aliphatic heterocycles. The van der Waals surface area contributed by atoms with Crippen LogP contribution in [0.3, 0.4) is 0 Å². The molecule has 3 unspecified atom stereocenters. The number of esters is 2. The Labute approximate surface area is 653 Å². The summed E-state index contributed by atoms with van der Waals surface area (Å²) in [5.74, 6) is -2.02. The lowest BCUT2D eigenvalue weighted by Crippen LogP contribution is -2.55. The van der Waals surface area contributed by atoms with Crippen molar-refractivity contribution in [2.45, 2.75) is 70.9 Å². The van der Waals surface area contributed by atoms with Gasteiger partial charge in [-0.15, -0.1) is 0 Å². The first-order valence-electron chi connectivity index (χ1n) is 35.5. The van der Waals surface area contributed by atoms with Crippen LogP contribution in [-0.2, 0) is 33.3 Å². The van der Waals surface area contributed by atoms with Crippen molar-refractivity contribution >= 4 is 110 Å². The number of hydrogen-bond acceptors (Lipinski definition) is 23. The van der Waals surface area contributed by atoms with Gasteiger partial charge in [-0.2, -0.15) is 4.90 Å². The maximum Gasteiger partial charge on any atom is 0.420 e. The lowest BCUT2D eigenvalue weighted by Gasteiger charge is -2.35. The summed E-state index contributed by atoms with van der Waals surface area (Å²) in [5, 5.41) is 12.9. The van der Waals surface area contributed by atoms with Crippen LogP contribution in [0.5, 0.6) is 0 Å². The van der Waals surface area contributed by atoms with E-state index in [9.17, 15) is 46.7 Å². The number of nitrogens with two attached hydrogens (primary N) is 1. The van der Waals surface area contributed by atoms with Gasteiger partial charge in [-0.05, 0) is 211 Å². The number of aromatic amines is 2. The fourth-order valence-electron chi connectivity index (χ4n) is 11.4. The zero-order chi connectivity index (χ0) is 81.8. The molecule has 0 fully saturated rings. The number of halogens is 3. The molecule has 12 aromatic rings. The summed E-state index contributed by atoms with van der Waals surface area (Å²) in [5.41, 5.74) is 10.7. The molecule has 0 saturated heterocycles. The molecule has 0 aliphatic carbocycles. The third-order valence-corrected chi connectivity index (χ3v) is 16.8. The van der Waals surface area contributed by atoms with Gasteiger partial charge in [0.2, 0.25) is 17.8 Å². The number of nitrogens with one attached hydrogen (secondary N) is 6. The zero-order valence-corrected chi connectivity index (χ0v) is 63.8. The molecule has 7 aromatic heterocycles. The van der Waals surface area contributed by atoms with Crippen LogP contribution < -0.4 is 41.7 Å². The Morgan fingerprint density at radius 1 is 0.447 bits per heavy atom. The molecule has 0 bridgehead atoms. The minimum atomic E-state index is -1.49. The Kier molecular flexibility index (Phi) is 26.9. The minimum absolute atomic E-state index is 0.000877. The van der Waals surface area contributed by atoms with Gasteiger partial charge < -0.3 is 70.6 Å². The fourth-order valence-corrected chi connectivity index (χ4v) is 11.4. The molecule has 5 aromatic carbocycles. The first-order valence-corrected chi connectivity index (χ1v) is 35.5. The predicted molar refractivity (Wildman–Crippen MR) is 425 cm³/mol. The summed E-state index contributed by atoms with van der Waals surface area (Å²) >= 11 is 0. The smallest absolute Gasteiger partial charge is 0.420 e. The van der Waals surface area contributed by atoms with Gasteiger partial charge >= 0.3 is 24.1 Å². The molecule has 0 radical (unpaired) electrons. The largest absolute Gasteiger partial charge is 0.467 e. The summed E-state index contributed by atoms with van der Waals surface area (Å²) in [7, 11) is 5.88. The van der Waals surface area contributed by atoms with E-state index in [1.807, 2.05) is 12.1 Å². The lowest BCUT2D eigenvalue weighted by molar-refractivity contribution is -0.146. The summed E-state index contributed by atoms with van der Waals surface area (Å²) < 4.78 is 61.6. The third-order valence-electron chi connectivity index (χ3n) is 16.8. The average Bonchev–Trinajstić information content (AvgIpc) is 1.40. The lowest BCUT2D eigenvalue weighted by atomic mass is 10.1. The van der Waals surface area contributed by atoms with E-state index < -0.39 is 88.6 Å². The number of carbonyl (C=O) groups is 7. The number of methoxy groups -OCH3 is 2. The summed E-state index contributed by atoms with van der Waals surface area (Å²) in [4.78, 5) is 133. The quantitative estimate of drug-likeness (QED) is 0.0218. The Morgan fingerprint density at radius 3 is 1.16 bits per heavy atom. The molecule has 0 aliphatic rings. The summed E-state index contributed by atoms with van der Waals surface area (Å²) in [6.45, 7) is 9.49. The molecular formula is C82H83F3N18O11. The van der Waals surface area contributed by atoms with E-state index in [1.165, 1.54) is 55.6 Å². The van der Waals surface area contributed by atoms with Crippen LogP contribution in [0.15, 0.2) is 219 Å². The van der Waals surface area contributed by atoms with E-state index in [1.54, 1.807) is 229 Å². The molecule has 0 spiro atoms. The van der Waals surface area contributed by atoms with Gasteiger partial charge in [0.25, 0.3) is 11.8 Å². The SMILES string of the molecule is CNc1nccc(-c2cc3cc(C(=O)NC(CN(c4ccc(F)cc4)c4ccccn4)C(=O)OC)ccc3[nH]2)n1.CNc1nccc(-c2cc3cc(C(=O)NC(CN(c4ccc(F)cc4)c4ccccn4)C(N)=O)ccc3[nH]2)n1.COC(=O)C(CN(c1ccc(F)cc1)c1ccccn1)N(C(=O)OC(C)(C)C)C(=O)OC(C)(C)C. The number of fused-ring (bicyclic) bond motifs is 2. The highest BCUT2D eigenvalue weighted by atomic mass is 19.1. The van der Waals surface area contributed by atoms with E-state index in [0.29, 0.717) is 73.8 Å². The zero-order valence-electron chi connectivity index (χ0n) is 63.8. The third kappa shape index (κ3) is 22.0. The number of nitrogens with zero attached hydrogens (tertiary/aromatic N) is 11. The number of carbonyl (C=O) groups excluding carboxylic acids is 7. The van der Waals surface area contributed by atoms with Crippen molar-refractivity contribution in [3.05, 3.63) is 248 Å². The number of H-pyrrole nitrogens is 2. The molecule has 8 N–H and O–H groups in total. The molecule has 114 heavy (non-hydrogen) atoms. The maximum atomic E-state index is 13.6. The van der Waals surface area contributed by atoms with Gasteiger partial charge in [-0.1, -0.05) is 18.2 Å². The number of rotatable bonds is 24. The number of anilines is 8. The van der Waals surface area contributed by atoms with Crippen molar-refractivity contribution in [1.82, 2.24) is 60.4 Å². The Balaban J connectivity index is 0.000000182. The van der Waals surface area contributed by atoms with Crippen LogP contribution in [0.25, 0.3) is 44.6 Å². The number of aromatic nitrogens is 9. The van der Waals surface area contributed by atoms with Crippen molar-refractivity contribution in [3.8, 4) is 22.8 Å². The van der Waals surface area contributed by atoms with Gasteiger partial charge in [0.1, 0.15) is 58.2 Å². The molecule has 5 amide bonds. The molecule has 32 heteroatoms. The van der Waals surface area contributed by atoms with Crippen molar-refractivity contribution in [2.24, 2.45) is 5.73 Å². The molecule has 3 atom stereocenters. The monoisotopic (exact) mass is 1550 g/mol. The van der Waals surface area contributed by atoms with Gasteiger partial charge in [0.05, 0.1) is 56.6 Å². The van der Waals surface area contributed by atoms with Crippen LogP contribution >= 0.6 is 0 Å². The van der Waals surface area contributed by atoms with Crippen LogP contribution in [0.4, 0.5) is 69.2 Å². The number of benzene rings is 5. The normalized spacial score (nSPS) is 11.8. The highest BCUT2D eigenvalue weighted by molar-refractivity contribution is 6.02. The van der Waals surface area contributed by atoms with Crippen LogP contribution in [0, 0.1) is 17.5 Å². The average molecular weight is 1550 g/mol. The Hall–Kier alpha value is -14.3. The van der Waals surface area contributed by atoms with E-state index in [-0.39, 0.29) is 19.6 Å². The second-order valence-electron chi connectivity index (χ2n) is 27.2. The van der Waals surface area contributed by atoms with Gasteiger partial charge in [0, 0.05) is 95.1 Å². The van der Waals surface area contributed by atoms with E-state index in [0.717, 1.165) is 40.3 Å². The first-order chi connectivity index (χ1) is 54.6. The standard InChI is InChI=1S/C29H26FN7O3.C28H25FN8O2.C25H32FN3O6/c1-31-29-33-14-12-23(36-29)24-16-19-15-18(6-11-22(19)34-24)27(38)35-25(28(39)40-2)17-37(26-5-3-4-13-32-26)21-9-7-20(30)8-10-21;1-31-28-33-13-11-22(36-28)23-15-18-14-17(5-10-21(18)34-23)27(39)35-24(26(30)38)16-37(25-4-2-3-12-32-25)20-8-6-19(29)7-9-20;1-24(2,3)34-22(31)29(23(32)35-25(4,5)6)19(21(30)33-7)16-28(20-10-8-9-15-27-20)18-13-11-17(26)12-14-18/h3-16,25,34H,17H2,1-2H3,(H,35,38)(H,31,33,36);2-15,24,34H,16H2,1H3,(H2,30,38)(H,35,39)(H,31,33,36);8-15,19H,16H2,1-7H3. The molecule has 588 valence electrons. The van der Waals surface area contributed by atoms with E-state index in [4.69, 9.17) is 24.7 Å². The number of amides is 5. The van der Waals surface area contributed by atoms with Gasteiger partial charge in [0.15, 0.2) is 6.04 Å². The molecule has 12 rings (SSSR count). The van der Waals surface area contributed by atoms with E-state index in [2.05, 4.69) is 66.1 Å². The van der Waals surface area contributed by atoms with Crippen molar-refractivity contribution in [1.29, 1.82) is 0 Å². The Morgan fingerprint density at radius 2 is 0.816 bits per heavy atom. The fraction of sp³-hybridized carbons (Fsp3) is 0.220. The number of primary amides is 1. The second kappa shape index (κ2) is 37.4. The van der Waals surface area contributed by atoms with Gasteiger partial charge in [-0.3, -0.25) is 14.4 Å². The second-order valence-corrected chi connectivity index (χ2v) is 27.2. The Bertz CT molecular complexity index is 5280. The molecule has 29 nitrogen and oxygen atoms in total. The molecule has 0 saturated carbocycles. The molecule has 7 heterocycles. The van der Waals surface area contributed by atoms with Crippen molar-refractivity contribution in [3.63, 3.8) is 0 Å². The van der Waals surface area contributed by atoms with Crippen molar-refractivity contribution < 1.29 is 65.7 Å². The topological polar surface area (TPSA) is 365 Å². The highest BCUT2D eigenvalue weighted by Gasteiger charge is 2.43. The summed E-state index contributed by atoms with van der Waals surface area (Å²) in [6.07, 6.45) is 5.90. The predicted octanol–water partition coefficient (Wildman–Crippen LogP) is 13.0. The van der Waals surface area contributed by atoms with Crippen molar-refractivity contribution in [2.75, 3.05) is 73.3 Å². The number of imide groups is 1. The van der Waals surface area contributed by atoms with Gasteiger partial charge in [-0.25, -0.2) is 67.2 Å². The number of pyridine rings is 3. The minimum Gasteiger partial charge on any atom is -0.467 e. The van der Waals surface area contributed by atoms with E-state index >= 15 is 0 Å². The highest BCUT2D eigenvalue weighted by Crippen LogP contribution is 2.32. The maximum absolute atomic E-state index is 13.6. The van der Waals surface area contributed by atoms with Crippen LogP contribution in [-0.4, -0.2) is 169 Å². The summed E-state index contributed by atoms with van der Waals surface area (Å²) in [6, 6.07) is 46.8. The molecular weight excluding hydrogens is 1470 g/mol. The van der Waals surface area contributed by atoms with Crippen LogP contribution in [0.1, 0.15) is 62.3 Å². The van der Waals surface area contributed by atoms with Crippen LogP contribution in [0.2, 0.25) is 0 Å². The number of hydrogen-bond donors (Lipinski definition) is 7. The number of ether oxygens (including phenoxy) is 4. The first kappa shape index (κ1) is 82.2.